The normalized spacial score (nSPS) is 13.4. The minimum atomic E-state index is -0.579. The van der Waals surface area contributed by atoms with E-state index in [4.69, 9.17) is 27.9 Å². The van der Waals surface area contributed by atoms with Gasteiger partial charge in [0.25, 0.3) is 5.91 Å². The Morgan fingerprint density at radius 1 is 1.14 bits per heavy atom. The van der Waals surface area contributed by atoms with E-state index in [2.05, 4.69) is 15.3 Å². The van der Waals surface area contributed by atoms with E-state index in [0.29, 0.717) is 35.9 Å². The number of imidazole rings is 1. The van der Waals surface area contributed by atoms with Crippen LogP contribution < -0.4 is 5.32 Å². The molecule has 35 heavy (non-hydrogen) atoms. The highest BCUT2D eigenvalue weighted by molar-refractivity contribution is 6.43. The van der Waals surface area contributed by atoms with Gasteiger partial charge in [0.05, 0.1) is 17.3 Å². The number of benzene rings is 1. The molecular formula is C25H27Cl2N5O3. The van der Waals surface area contributed by atoms with Gasteiger partial charge in [-0.3, -0.25) is 4.79 Å². The van der Waals surface area contributed by atoms with Gasteiger partial charge in [-0.25, -0.2) is 14.8 Å². The summed E-state index contributed by atoms with van der Waals surface area (Å²) in [6.07, 6.45) is 1.79. The highest BCUT2D eigenvalue weighted by atomic mass is 35.5. The van der Waals surface area contributed by atoms with Gasteiger partial charge in [-0.1, -0.05) is 35.3 Å². The highest BCUT2D eigenvalue weighted by Gasteiger charge is 2.30. The molecule has 1 aromatic carbocycles. The number of rotatable bonds is 3. The molecule has 3 aromatic rings. The third-order valence-corrected chi connectivity index (χ3v) is 6.60. The second-order valence-electron chi connectivity index (χ2n) is 9.44. The van der Waals surface area contributed by atoms with E-state index in [9.17, 15) is 9.59 Å². The Balaban J connectivity index is 1.57. The first-order valence-electron chi connectivity index (χ1n) is 11.2. The van der Waals surface area contributed by atoms with E-state index >= 15 is 0 Å². The summed E-state index contributed by atoms with van der Waals surface area (Å²) in [5.41, 5.74) is 4.08. The predicted octanol–water partition coefficient (Wildman–Crippen LogP) is 5.64. The lowest BCUT2D eigenvalue weighted by Crippen LogP contribution is -2.40. The van der Waals surface area contributed by atoms with Crippen LogP contribution in [0.1, 0.15) is 48.3 Å². The first kappa shape index (κ1) is 25.0. The maximum atomic E-state index is 13.2. The molecule has 3 heterocycles. The number of pyridine rings is 1. The maximum Gasteiger partial charge on any atom is 0.410 e. The number of nitrogens with zero attached hydrogens (tertiary/aromatic N) is 4. The lowest BCUT2D eigenvalue weighted by molar-refractivity contribution is 0.0220. The smallest absolute Gasteiger partial charge is 0.410 e. The summed E-state index contributed by atoms with van der Waals surface area (Å²) in [6.45, 7) is 8.19. The van der Waals surface area contributed by atoms with Gasteiger partial charge in [-0.2, -0.15) is 0 Å². The van der Waals surface area contributed by atoms with Crippen molar-refractivity contribution >= 4 is 40.9 Å². The zero-order valence-corrected chi connectivity index (χ0v) is 21.8. The summed E-state index contributed by atoms with van der Waals surface area (Å²) in [7, 11) is 1.81. The van der Waals surface area contributed by atoms with Crippen LogP contribution in [-0.4, -0.2) is 43.6 Å². The van der Waals surface area contributed by atoms with Crippen molar-refractivity contribution in [2.45, 2.75) is 46.3 Å². The zero-order valence-electron chi connectivity index (χ0n) is 20.3. The third-order valence-electron chi connectivity index (χ3n) is 5.83. The average Bonchev–Trinajstić information content (AvgIpc) is 3.12. The van der Waals surface area contributed by atoms with E-state index in [1.54, 1.807) is 21.7 Å². The molecule has 1 aliphatic heterocycles. The van der Waals surface area contributed by atoms with Crippen molar-refractivity contribution < 1.29 is 14.3 Å². The van der Waals surface area contributed by atoms with E-state index in [0.717, 1.165) is 22.4 Å². The molecule has 0 radical (unpaired) electrons. The van der Waals surface area contributed by atoms with Crippen molar-refractivity contribution in [3.63, 3.8) is 0 Å². The first-order chi connectivity index (χ1) is 16.5. The Morgan fingerprint density at radius 2 is 1.89 bits per heavy atom. The largest absolute Gasteiger partial charge is 0.444 e. The molecule has 184 valence electrons. The monoisotopic (exact) mass is 515 g/mol. The number of aromatic nitrogens is 3. The van der Waals surface area contributed by atoms with E-state index in [-0.39, 0.29) is 23.0 Å². The summed E-state index contributed by atoms with van der Waals surface area (Å²) in [5, 5.41) is 3.54. The van der Waals surface area contributed by atoms with Crippen molar-refractivity contribution in [1.29, 1.82) is 0 Å². The zero-order chi connectivity index (χ0) is 25.5. The summed E-state index contributed by atoms with van der Waals surface area (Å²) in [6, 6.07) is 7.35. The summed E-state index contributed by atoms with van der Waals surface area (Å²) < 4.78 is 7.27. The minimum absolute atomic E-state index is 0.219. The fourth-order valence-corrected chi connectivity index (χ4v) is 4.45. The number of halogens is 2. The second-order valence-corrected chi connectivity index (χ2v) is 10.2. The van der Waals surface area contributed by atoms with Crippen LogP contribution in [0.2, 0.25) is 10.2 Å². The lowest BCUT2D eigenvalue weighted by Gasteiger charge is -2.29. The number of carbonyl (C=O) groups is 2. The van der Waals surface area contributed by atoms with Crippen LogP contribution >= 0.6 is 23.2 Å². The Bertz CT molecular complexity index is 1310. The van der Waals surface area contributed by atoms with Crippen LogP contribution in [0.5, 0.6) is 0 Å². The van der Waals surface area contributed by atoms with Gasteiger partial charge in [0.1, 0.15) is 10.8 Å². The van der Waals surface area contributed by atoms with Crippen molar-refractivity contribution in [3.8, 4) is 11.1 Å². The number of anilines is 1. The molecule has 0 saturated carbocycles. The number of hydrogen-bond donors (Lipinski definition) is 1. The fraction of sp³-hybridized carbons (Fsp3) is 0.360. The number of fused-ring (bicyclic) bond motifs is 1. The van der Waals surface area contributed by atoms with E-state index in [1.807, 2.05) is 52.9 Å². The summed E-state index contributed by atoms with van der Waals surface area (Å²) >= 11 is 12.5. The van der Waals surface area contributed by atoms with Gasteiger partial charge in [0.15, 0.2) is 5.82 Å². The fourth-order valence-electron chi connectivity index (χ4n) is 4.08. The number of hydrogen-bond acceptors (Lipinski definition) is 5. The molecule has 1 aliphatic rings. The molecule has 0 bridgehead atoms. The van der Waals surface area contributed by atoms with Gasteiger partial charge < -0.3 is 19.5 Å². The number of amides is 2. The molecule has 2 amide bonds. The molecule has 0 unspecified atom stereocenters. The average molecular weight is 516 g/mol. The Morgan fingerprint density at radius 3 is 2.60 bits per heavy atom. The van der Waals surface area contributed by atoms with E-state index < -0.39 is 5.60 Å². The molecule has 0 spiro atoms. The number of nitrogens with one attached hydrogen (secondary N) is 1. The predicted molar refractivity (Wildman–Crippen MR) is 136 cm³/mol. The van der Waals surface area contributed by atoms with Gasteiger partial charge in [-0.05, 0) is 51.0 Å². The molecule has 0 aliphatic carbocycles. The van der Waals surface area contributed by atoms with Gasteiger partial charge in [0.2, 0.25) is 0 Å². The Kier molecular flexibility index (Phi) is 6.79. The Labute approximate surface area is 214 Å². The molecule has 1 N–H and O–H groups in total. The van der Waals surface area contributed by atoms with Crippen LogP contribution in [0.15, 0.2) is 30.5 Å². The van der Waals surface area contributed by atoms with Crippen molar-refractivity contribution in [2.75, 3.05) is 11.9 Å². The molecule has 4 rings (SSSR count). The van der Waals surface area contributed by atoms with Crippen LogP contribution in [0, 0.1) is 6.92 Å². The van der Waals surface area contributed by atoms with Crippen LogP contribution in [-0.2, 0) is 24.8 Å². The molecule has 2 aromatic heterocycles. The highest BCUT2D eigenvalue weighted by Crippen LogP contribution is 2.36. The van der Waals surface area contributed by atoms with Crippen molar-refractivity contribution in [1.82, 2.24) is 19.4 Å². The molecule has 0 saturated heterocycles. The quantitative estimate of drug-likeness (QED) is 0.455. The van der Waals surface area contributed by atoms with Crippen molar-refractivity contribution in [2.24, 2.45) is 7.05 Å². The number of carbonyl (C=O) groups excluding carboxylic acids is 2. The maximum absolute atomic E-state index is 13.2. The van der Waals surface area contributed by atoms with E-state index in [1.165, 1.54) is 0 Å². The minimum Gasteiger partial charge on any atom is -0.444 e. The summed E-state index contributed by atoms with van der Waals surface area (Å²) in [5.74, 6) is -0.0688. The SMILES string of the molecule is Cc1c(NC(=O)c2nc3c(n2C)CCN(C(=O)OC(C)(C)C)C3)cccc1-c1ccnc(Cl)c1Cl. The van der Waals surface area contributed by atoms with Crippen LogP contribution in [0.4, 0.5) is 10.5 Å². The molecule has 0 fully saturated rings. The second kappa shape index (κ2) is 9.51. The van der Waals surface area contributed by atoms with Gasteiger partial charge >= 0.3 is 6.09 Å². The van der Waals surface area contributed by atoms with Crippen LogP contribution in [0.3, 0.4) is 0 Å². The topological polar surface area (TPSA) is 89.4 Å². The number of ether oxygens (including phenoxy) is 1. The summed E-state index contributed by atoms with van der Waals surface area (Å²) in [4.78, 5) is 35.9. The standard InChI is InChI=1S/C25H27Cl2N5O3/c1-14-15(16-9-11-28-21(27)20(16)26)7-6-8-17(14)30-23(33)22-29-18-13-32(12-10-19(18)31(22)5)24(34)35-25(2,3)4/h6-9,11H,10,12-13H2,1-5H3,(H,30,33). The molecule has 10 heteroatoms. The Hall–Kier alpha value is -3.10. The molecule has 8 nitrogen and oxygen atoms in total. The third kappa shape index (κ3) is 5.13. The van der Waals surface area contributed by atoms with Crippen LogP contribution in [0.25, 0.3) is 11.1 Å². The van der Waals surface area contributed by atoms with Crippen molar-refractivity contribution in [3.05, 3.63) is 63.4 Å². The lowest BCUT2D eigenvalue weighted by atomic mass is 10.00. The van der Waals surface area contributed by atoms with Gasteiger partial charge in [-0.15, -0.1) is 0 Å². The molecular weight excluding hydrogens is 489 g/mol. The first-order valence-corrected chi connectivity index (χ1v) is 12.0. The van der Waals surface area contributed by atoms with Gasteiger partial charge in [0, 0.05) is 43.2 Å². The molecule has 0 atom stereocenters.